The van der Waals surface area contributed by atoms with Gasteiger partial charge in [-0.3, -0.25) is 0 Å². The molecule has 0 unspecified atom stereocenters. The Morgan fingerprint density at radius 3 is 2.21 bits per heavy atom. The van der Waals surface area contributed by atoms with Crippen LogP contribution in [0.15, 0.2) is 54.6 Å². The van der Waals surface area contributed by atoms with Crippen molar-refractivity contribution in [3.05, 3.63) is 60.3 Å². The number of hydrogen-bond donors (Lipinski definition) is 1. The van der Waals surface area contributed by atoms with Crippen molar-refractivity contribution in [1.29, 1.82) is 0 Å². The molecule has 1 aromatic heterocycles. The Labute approximate surface area is 166 Å². The number of aromatic hydroxyl groups is 1. The molecule has 144 valence electrons. The van der Waals surface area contributed by atoms with Gasteiger partial charge in [0.25, 0.3) is 0 Å². The largest absolute Gasteiger partial charge is 0.508 e. The van der Waals surface area contributed by atoms with Gasteiger partial charge in [0, 0.05) is 24.2 Å². The molecule has 4 heteroatoms. The number of phenolic OH excluding ortho intramolecular Hbond substituents is 1. The number of ether oxygens (including phenoxy) is 1. The fraction of sp³-hybridized carbons (Fsp3) is 0.292. The standard InChI is InChI=1S/C24H26N2O2/c1-3-28-23-17(2)25-24(26-15-7-8-16-26)22(19-11-13-20(27)14-12-19)21(23)18-9-5-4-6-10-18/h4-6,9-14,27H,3,7-8,15-16H2,1-2H3. The van der Waals surface area contributed by atoms with Gasteiger partial charge in [-0.2, -0.15) is 0 Å². The summed E-state index contributed by atoms with van der Waals surface area (Å²) >= 11 is 0. The first-order valence-corrected chi connectivity index (χ1v) is 9.96. The summed E-state index contributed by atoms with van der Waals surface area (Å²) in [6.07, 6.45) is 2.37. The van der Waals surface area contributed by atoms with Gasteiger partial charge in [-0.1, -0.05) is 42.5 Å². The maximum Gasteiger partial charge on any atom is 0.149 e. The molecule has 28 heavy (non-hydrogen) atoms. The summed E-state index contributed by atoms with van der Waals surface area (Å²) in [4.78, 5) is 7.37. The van der Waals surface area contributed by atoms with Crippen molar-refractivity contribution in [1.82, 2.24) is 4.98 Å². The van der Waals surface area contributed by atoms with Gasteiger partial charge in [0.2, 0.25) is 0 Å². The summed E-state index contributed by atoms with van der Waals surface area (Å²) in [5.41, 5.74) is 5.20. The van der Waals surface area contributed by atoms with Gasteiger partial charge in [0.15, 0.2) is 0 Å². The van der Waals surface area contributed by atoms with Gasteiger partial charge >= 0.3 is 0 Å². The van der Waals surface area contributed by atoms with Crippen LogP contribution < -0.4 is 9.64 Å². The molecule has 1 aliphatic rings. The summed E-state index contributed by atoms with van der Waals surface area (Å²) < 4.78 is 6.10. The molecule has 4 rings (SSSR count). The molecule has 2 aromatic carbocycles. The Morgan fingerprint density at radius 1 is 0.929 bits per heavy atom. The third-order valence-corrected chi connectivity index (χ3v) is 5.22. The van der Waals surface area contributed by atoms with E-state index in [0.29, 0.717) is 6.61 Å². The summed E-state index contributed by atoms with van der Waals surface area (Å²) in [6.45, 7) is 6.64. The number of anilines is 1. The fourth-order valence-corrected chi connectivity index (χ4v) is 3.93. The zero-order chi connectivity index (χ0) is 19.5. The molecule has 0 saturated carbocycles. The predicted molar refractivity (Wildman–Crippen MR) is 114 cm³/mol. The molecule has 3 aromatic rings. The van der Waals surface area contributed by atoms with E-state index in [1.165, 1.54) is 12.8 Å². The average molecular weight is 374 g/mol. The van der Waals surface area contributed by atoms with Crippen molar-refractivity contribution in [2.45, 2.75) is 26.7 Å². The highest BCUT2D eigenvalue weighted by molar-refractivity contribution is 5.94. The second kappa shape index (κ2) is 7.93. The topological polar surface area (TPSA) is 45.6 Å². The molecule has 0 atom stereocenters. The molecule has 0 aliphatic carbocycles. The SMILES string of the molecule is CCOc1c(C)nc(N2CCCC2)c(-c2ccc(O)cc2)c1-c1ccccc1. The van der Waals surface area contributed by atoms with Crippen LogP contribution in [0, 0.1) is 6.92 Å². The third kappa shape index (κ3) is 3.42. The lowest BCUT2D eigenvalue weighted by atomic mass is 9.93. The van der Waals surface area contributed by atoms with E-state index in [0.717, 1.165) is 52.6 Å². The molecule has 1 N–H and O–H groups in total. The molecule has 0 bridgehead atoms. The first kappa shape index (κ1) is 18.4. The Hall–Kier alpha value is -3.01. The average Bonchev–Trinajstić information content (AvgIpc) is 3.25. The van der Waals surface area contributed by atoms with E-state index in [4.69, 9.17) is 9.72 Å². The summed E-state index contributed by atoms with van der Waals surface area (Å²) in [6, 6.07) is 17.8. The Morgan fingerprint density at radius 2 is 1.57 bits per heavy atom. The van der Waals surface area contributed by atoms with E-state index in [1.54, 1.807) is 12.1 Å². The van der Waals surface area contributed by atoms with Crippen LogP contribution in [0.3, 0.4) is 0 Å². The van der Waals surface area contributed by atoms with Gasteiger partial charge in [-0.05, 0) is 49.9 Å². The van der Waals surface area contributed by atoms with Crippen LogP contribution in [0.1, 0.15) is 25.5 Å². The fourth-order valence-electron chi connectivity index (χ4n) is 3.93. The van der Waals surface area contributed by atoms with E-state index in [1.807, 2.05) is 32.0 Å². The molecular weight excluding hydrogens is 348 g/mol. The number of aromatic nitrogens is 1. The monoisotopic (exact) mass is 374 g/mol. The van der Waals surface area contributed by atoms with Gasteiger partial charge in [0.1, 0.15) is 17.3 Å². The highest BCUT2D eigenvalue weighted by atomic mass is 16.5. The van der Waals surface area contributed by atoms with E-state index in [9.17, 15) is 5.11 Å². The lowest BCUT2D eigenvalue weighted by Gasteiger charge is -2.26. The summed E-state index contributed by atoms with van der Waals surface area (Å²) in [7, 11) is 0. The molecule has 2 heterocycles. The van der Waals surface area contributed by atoms with Crippen molar-refractivity contribution in [2.24, 2.45) is 0 Å². The molecule has 1 fully saturated rings. The first-order chi connectivity index (χ1) is 13.7. The van der Waals surface area contributed by atoms with Gasteiger partial charge in [-0.15, -0.1) is 0 Å². The van der Waals surface area contributed by atoms with Crippen LogP contribution in [0.4, 0.5) is 5.82 Å². The second-order valence-electron chi connectivity index (χ2n) is 7.14. The Bertz CT molecular complexity index is 947. The van der Waals surface area contributed by atoms with Crippen molar-refractivity contribution in [3.63, 3.8) is 0 Å². The highest BCUT2D eigenvalue weighted by Gasteiger charge is 2.26. The molecule has 1 aliphatic heterocycles. The predicted octanol–water partition coefficient (Wildman–Crippen LogP) is 5.43. The number of hydrogen-bond acceptors (Lipinski definition) is 4. The summed E-state index contributed by atoms with van der Waals surface area (Å²) in [5.74, 6) is 2.10. The maximum atomic E-state index is 9.80. The molecule has 4 nitrogen and oxygen atoms in total. The molecule has 0 radical (unpaired) electrons. The maximum absolute atomic E-state index is 9.80. The number of aryl methyl sites for hydroxylation is 1. The van der Waals surface area contributed by atoms with Crippen LogP contribution in [0.25, 0.3) is 22.3 Å². The number of rotatable bonds is 5. The Kier molecular flexibility index (Phi) is 5.20. The minimum absolute atomic E-state index is 0.262. The number of pyridine rings is 1. The van der Waals surface area contributed by atoms with E-state index in [-0.39, 0.29) is 5.75 Å². The van der Waals surface area contributed by atoms with Crippen molar-refractivity contribution >= 4 is 5.82 Å². The van der Waals surface area contributed by atoms with Crippen LogP contribution in [0.5, 0.6) is 11.5 Å². The molecule has 0 amide bonds. The smallest absolute Gasteiger partial charge is 0.149 e. The van der Waals surface area contributed by atoms with Crippen LogP contribution in [-0.2, 0) is 0 Å². The van der Waals surface area contributed by atoms with Gasteiger partial charge in [0.05, 0.1) is 12.3 Å². The Balaban J connectivity index is 2.05. The van der Waals surface area contributed by atoms with Crippen molar-refractivity contribution < 1.29 is 9.84 Å². The lowest BCUT2D eigenvalue weighted by molar-refractivity contribution is 0.337. The van der Waals surface area contributed by atoms with E-state index < -0.39 is 0 Å². The second-order valence-corrected chi connectivity index (χ2v) is 7.14. The van der Waals surface area contributed by atoms with Crippen molar-refractivity contribution in [3.8, 4) is 33.8 Å². The molecule has 1 saturated heterocycles. The number of benzene rings is 2. The quantitative estimate of drug-likeness (QED) is 0.647. The minimum atomic E-state index is 0.262. The van der Waals surface area contributed by atoms with Crippen LogP contribution in [-0.4, -0.2) is 29.8 Å². The van der Waals surface area contributed by atoms with Crippen LogP contribution in [0.2, 0.25) is 0 Å². The zero-order valence-corrected chi connectivity index (χ0v) is 16.5. The van der Waals surface area contributed by atoms with Crippen LogP contribution >= 0.6 is 0 Å². The third-order valence-electron chi connectivity index (χ3n) is 5.22. The first-order valence-electron chi connectivity index (χ1n) is 9.96. The number of nitrogens with zero attached hydrogens (tertiary/aromatic N) is 2. The van der Waals surface area contributed by atoms with E-state index >= 15 is 0 Å². The summed E-state index contributed by atoms with van der Waals surface area (Å²) in [5, 5.41) is 9.80. The number of phenols is 1. The normalized spacial score (nSPS) is 13.7. The zero-order valence-electron chi connectivity index (χ0n) is 16.5. The van der Waals surface area contributed by atoms with E-state index in [2.05, 4.69) is 29.2 Å². The lowest BCUT2D eigenvalue weighted by Crippen LogP contribution is -2.21. The van der Waals surface area contributed by atoms with Gasteiger partial charge in [-0.25, -0.2) is 4.98 Å². The highest BCUT2D eigenvalue weighted by Crippen LogP contribution is 2.46. The van der Waals surface area contributed by atoms with Crippen molar-refractivity contribution in [2.75, 3.05) is 24.6 Å². The molecular formula is C24H26N2O2. The minimum Gasteiger partial charge on any atom is -0.508 e. The van der Waals surface area contributed by atoms with Gasteiger partial charge < -0.3 is 14.7 Å². The molecule has 0 spiro atoms.